The number of rotatable bonds is 10. The second-order valence-electron chi connectivity index (χ2n) is 8.43. The van der Waals surface area contributed by atoms with E-state index in [1.54, 1.807) is 29.2 Å². The Morgan fingerprint density at radius 3 is 2.59 bits per heavy atom. The van der Waals surface area contributed by atoms with Gasteiger partial charge in [0.05, 0.1) is 25.0 Å². The first-order valence-corrected chi connectivity index (χ1v) is 11.3. The molecule has 0 aliphatic carbocycles. The monoisotopic (exact) mass is 482 g/mol. The lowest BCUT2D eigenvalue weighted by molar-refractivity contribution is 0.125. The fourth-order valence-corrected chi connectivity index (χ4v) is 3.80. The summed E-state index contributed by atoms with van der Waals surface area (Å²) in [5, 5.41) is 2.87. The smallest absolute Gasteiger partial charge is 0.318 e. The van der Waals surface area contributed by atoms with Gasteiger partial charge in [-0.15, -0.1) is 0 Å². The lowest BCUT2D eigenvalue weighted by atomic mass is 10.0. The van der Waals surface area contributed by atoms with Crippen molar-refractivity contribution >= 4 is 6.03 Å². The molecule has 10 heteroatoms. The zero-order chi connectivity index (χ0) is 24.5. The van der Waals surface area contributed by atoms with E-state index in [4.69, 9.17) is 4.74 Å². The Hall–Kier alpha value is -2.88. The van der Waals surface area contributed by atoms with Crippen molar-refractivity contribution in [2.45, 2.75) is 51.2 Å². The molecule has 34 heavy (non-hydrogen) atoms. The maximum absolute atomic E-state index is 14.2. The lowest BCUT2D eigenvalue weighted by Crippen LogP contribution is -2.49. The third-order valence-corrected chi connectivity index (χ3v) is 5.80. The Labute approximate surface area is 196 Å². The molecule has 0 saturated carbocycles. The van der Waals surface area contributed by atoms with E-state index < -0.39 is 18.1 Å². The molecule has 2 aromatic rings. The van der Waals surface area contributed by atoms with Crippen LogP contribution >= 0.6 is 0 Å². The zero-order valence-electron chi connectivity index (χ0n) is 19.2. The van der Waals surface area contributed by atoms with E-state index >= 15 is 0 Å². The van der Waals surface area contributed by atoms with Gasteiger partial charge in [-0.1, -0.05) is 12.1 Å². The minimum Gasteiger partial charge on any atom is -0.494 e. The molecule has 1 N–H and O–H groups in total. The van der Waals surface area contributed by atoms with Gasteiger partial charge in [-0.2, -0.15) is 0 Å². The van der Waals surface area contributed by atoms with Gasteiger partial charge in [0.1, 0.15) is 17.4 Å². The molecule has 1 aromatic heterocycles. The van der Waals surface area contributed by atoms with E-state index in [2.05, 4.69) is 15.2 Å². The first-order chi connectivity index (χ1) is 16.3. The van der Waals surface area contributed by atoms with Crippen molar-refractivity contribution in [1.82, 2.24) is 20.1 Å². The average Bonchev–Trinajstić information content (AvgIpc) is 2.81. The summed E-state index contributed by atoms with van der Waals surface area (Å²) in [6.45, 7) is 2.02. The van der Waals surface area contributed by atoms with Crippen LogP contribution in [0, 0.1) is 11.6 Å². The van der Waals surface area contributed by atoms with Crippen LogP contribution < -0.4 is 10.1 Å². The van der Waals surface area contributed by atoms with Crippen molar-refractivity contribution < 1.29 is 27.1 Å². The molecule has 0 unspecified atom stereocenters. The van der Waals surface area contributed by atoms with E-state index in [-0.39, 0.29) is 50.3 Å². The molecule has 0 bridgehead atoms. The SMILES string of the molecule is CN1CCC(N(Cc2ncc(F)cc2F)C(=O)NCc2ccc(OCCCC(F)F)cc2)CC1. The number of halogens is 4. The number of hydrogen-bond donors (Lipinski definition) is 1. The third-order valence-electron chi connectivity index (χ3n) is 5.80. The predicted molar refractivity (Wildman–Crippen MR) is 120 cm³/mol. The van der Waals surface area contributed by atoms with Crippen LogP contribution in [0.15, 0.2) is 36.5 Å². The molecular formula is C24H30F4N4O2. The summed E-state index contributed by atoms with van der Waals surface area (Å²) in [7, 11) is 2.01. The highest BCUT2D eigenvalue weighted by atomic mass is 19.3. The number of nitrogens with zero attached hydrogens (tertiary/aromatic N) is 3. The van der Waals surface area contributed by atoms with Crippen molar-refractivity contribution in [2.24, 2.45) is 0 Å². The van der Waals surface area contributed by atoms with Gasteiger partial charge in [0.25, 0.3) is 0 Å². The molecule has 1 aliphatic heterocycles. The minimum absolute atomic E-state index is 0.0174. The Morgan fingerprint density at radius 1 is 1.24 bits per heavy atom. The van der Waals surface area contributed by atoms with Gasteiger partial charge in [0.2, 0.25) is 6.43 Å². The first-order valence-electron chi connectivity index (χ1n) is 11.3. The number of pyridine rings is 1. The second-order valence-corrected chi connectivity index (χ2v) is 8.43. The van der Waals surface area contributed by atoms with E-state index in [1.165, 1.54) is 0 Å². The van der Waals surface area contributed by atoms with Gasteiger partial charge >= 0.3 is 6.03 Å². The third kappa shape index (κ3) is 7.86. The summed E-state index contributed by atoms with van der Waals surface area (Å²) in [6.07, 6.45) is 0.162. The number of carbonyl (C=O) groups excluding carboxylic acids is 1. The van der Waals surface area contributed by atoms with Crippen molar-refractivity contribution in [3.63, 3.8) is 0 Å². The van der Waals surface area contributed by atoms with Crippen LogP contribution in [0.2, 0.25) is 0 Å². The molecule has 1 fully saturated rings. The van der Waals surface area contributed by atoms with Crippen LogP contribution in [0.25, 0.3) is 0 Å². The molecule has 0 radical (unpaired) electrons. The molecule has 2 amide bonds. The van der Waals surface area contributed by atoms with Gasteiger partial charge in [-0.25, -0.2) is 22.4 Å². The van der Waals surface area contributed by atoms with Crippen LogP contribution in [-0.4, -0.2) is 60.0 Å². The highest BCUT2D eigenvalue weighted by Gasteiger charge is 2.28. The number of aromatic nitrogens is 1. The lowest BCUT2D eigenvalue weighted by Gasteiger charge is -2.37. The van der Waals surface area contributed by atoms with E-state index in [9.17, 15) is 22.4 Å². The zero-order valence-corrected chi connectivity index (χ0v) is 19.2. The van der Waals surface area contributed by atoms with Crippen LogP contribution in [0.4, 0.5) is 22.4 Å². The maximum Gasteiger partial charge on any atom is 0.318 e. The molecule has 0 spiro atoms. The molecule has 1 aromatic carbocycles. The Balaban J connectivity index is 1.59. The number of benzene rings is 1. The molecule has 6 nitrogen and oxygen atoms in total. The number of urea groups is 1. The van der Waals surface area contributed by atoms with Gasteiger partial charge in [-0.05, 0) is 57.1 Å². The summed E-state index contributed by atoms with van der Waals surface area (Å²) in [4.78, 5) is 20.6. The van der Waals surface area contributed by atoms with Crippen LogP contribution in [-0.2, 0) is 13.1 Å². The van der Waals surface area contributed by atoms with E-state index in [0.29, 0.717) is 5.75 Å². The molecule has 1 aliphatic rings. The number of piperidine rings is 1. The second kappa shape index (κ2) is 12.5. The topological polar surface area (TPSA) is 57.7 Å². The summed E-state index contributed by atoms with van der Waals surface area (Å²) in [5.74, 6) is -0.983. The summed E-state index contributed by atoms with van der Waals surface area (Å²) in [6, 6.07) is 7.32. The number of ether oxygens (including phenoxy) is 1. The molecule has 1 saturated heterocycles. The standard InChI is InChI=1S/C24H30F4N4O2/c1-31-10-8-19(9-11-31)32(16-22-21(26)13-18(25)15-29-22)24(33)30-14-17-4-6-20(7-5-17)34-12-2-3-23(27)28/h4-7,13,15,19,23H,2-3,8-12,14,16H2,1H3,(H,30,33). The number of hydrogen-bond acceptors (Lipinski definition) is 4. The van der Waals surface area contributed by atoms with E-state index in [0.717, 1.165) is 43.8 Å². The molecule has 186 valence electrons. The molecule has 3 rings (SSSR count). The number of amides is 2. The highest BCUT2D eigenvalue weighted by molar-refractivity contribution is 5.74. The Kier molecular flexibility index (Phi) is 9.50. The highest BCUT2D eigenvalue weighted by Crippen LogP contribution is 2.20. The Morgan fingerprint density at radius 2 is 1.94 bits per heavy atom. The van der Waals surface area contributed by atoms with Crippen LogP contribution in [0.3, 0.4) is 0 Å². The van der Waals surface area contributed by atoms with Gasteiger partial charge in [0.15, 0.2) is 0 Å². The summed E-state index contributed by atoms with van der Waals surface area (Å²) < 4.78 is 57.3. The summed E-state index contributed by atoms with van der Waals surface area (Å²) >= 11 is 0. The molecular weight excluding hydrogens is 452 g/mol. The van der Waals surface area contributed by atoms with Crippen molar-refractivity contribution in [1.29, 1.82) is 0 Å². The molecule has 2 heterocycles. The van der Waals surface area contributed by atoms with E-state index in [1.807, 2.05) is 7.05 Å². The maximum atomic E-state index is 14.2. The number of carbonyl (C=O) groups is 1. The number of alkyl halides is 2. The minimum atomic E-state index is -2.33. The number of nitrogens with one attached hydrogen (secondary N) is 1. The fraction of sp³-hybridized carbons (Fsp3) is 0.500. The largest absolute Gasteiger partial charge is 0.494 e. The van der Waals surface area contributed by atoms with Crippen LogP contribution in [0.5, 0.6) is 5.75 Å². The van der Waals surface area contributed by atoms with Gasteiger partial charge < -0.3 is 19.9 Å². The quantitative estimate of drug-likeness (QED) is 0.398. The van der Waals surface area contributed by atoms with Gasteiger partial charge in [0, 0.05) is 25.1 Å². The molecule has 0 atom stereocenters. The number of likely N-dealkylation sites (tertiary alicyclic amines) is 1. The first kappa shape index (κ1) is 25.7. The normalized spacial score (nSPS) is 14.9. The fourth-order valence-electron chi connectivity index (χ4n) is 3.80. The van der Waals surface area contributed by atoms with Crippen LogP contribution in [0.1, 0.15) is 36.9 Å². The van der Waals surface area contributed by atoms with Gasteiger partial charge in [-0.3, -0.25) is 4.98 Å². The van der Waals surface area contributed by atoms with Crippen molar-refractivity contribution in [3.05, 3.63) is 59.4 Å². The van der Waals surface area contributed by atoms with Crippen molar-refractivity contribution in [3.8, 4) is 5.75 Å². The summed E-state index contributed by atoms with van der Waals surface area (Å²) in [5.41, 5.74) is 0.839. The average molecular weight is 483 g/mol. The Bertz CT molecular complexity index is 922. The predicted octanol–water partition coefficient (Wildman–Crippen LogP) is 4.59. The van der Waals surface area contributed by atoms with Crippen molar-refractivity contribution in [2.75, 3.05) is 26.7 Å².